The van der Waals surface area contributed by atoms with Gasteiger partial charge in [0.1, 0.15) is 17.3 Å². The van der Waals surface area contributed by atoms with E-state index >= 15 is 0 Å². The molecule has 0 radical (unpaired) electrons. The third-order valence-electron chi connectivity index (χ3n) is 11.7. The molecule has 5 nitrogen and oxygen atoms in total. The summed E-state index contributed by atoms with van der Waals surface area (Å²) in [4.78, 5) is 7.87. The van der Waals surface area contributed by atoms with Crippen LogP contribution in [0, 0.1) is 0 Å². The molecule has 260 valence electrons. The molecule has 0 fully saturated rings. The van der Waals surface area contributed by atoms with Crippen molar-refractivity contribution in [3.05, 3.63) is 204 Å². The van der Waals surface area contributed by atoms with Crippen LogP contribution in [0.3, 0.4) is 0 Å². The van der Waals surface area contributed by atoms with Gasteiger partial charge in [-0.25, -0.2) is 0 Å². The summed E-state index contributed by atoms with van der Waals surface area (Å²) in [5, 5.41) is 8.42. The van der Waals surface area contributed by atoms with Crippen LogP contribution in [0.4, 0.5) is 17.1 Å². The summed E-state index contributed by atoms with van der Waals surface area (Å²) in [6.45, 7) is 0. The first-order valence-electron chi connectivity index (χ1n) is 19.0. The molecule has 0 saturated carbocycles. The van der Waals surface area contributed by atoms with Crippen molar-refractivity contribution in [3.8, 4) is 5.69 Å². The highest BCUT2D eigenvalue weighted by Crippen LogP contribution is 2.51. The van der Waals surface area contributed by atoms with Crippen molar-refractivity contribution in [2.75, 3.05) is 10.2 Å². The molecule has 55 heavy (non-hydrogen) atoms. The average molecular weight is 707 g/mol. The fraction of sp³-hybridized carbons (Fsp3) is 0.0600. The lowest BCUT2D eigenvalue weighted by atomic mass is 9.91. The van der Waals surface area contributed by atoms with Crippen LogP contribution in [0.25, 0.3) is 49.4 Å². The molecule has 1 aliphatic carbocycles. The third kappa shape index (κ3) is 4.50. The van der Waals surface area contributed by atoms with Crippen LogP contribution >= 0.6 is 0 Å². The van der Waals surface area contributed by atoms with Crippen molar-refractivity contribution in [3.63, 3.8) is 0 Å². The number of nitrogens with one attached hydrogen (secondary N) is 1. The highest BCUT2D eigenvalue weighted by Gasteiger charge is 2.38. The Labute approximate surface area is 317 Å². The molecule has 5 heteroatoms. The zero-order valence-electron chi connectivity index (χ0n) is 29.8. The van der Waals surface area contributed by atoms with E-state index in [2.05, 4.69) is 191 Å². The number of nitrogens with zero attached hydrogens (tertiary/aromatic N) is 3. The van der Waals surface area contributed by atoms with E-state index in [1.54, 1.807) is 0 Å². The van der Waals surface area contributed by atoms with Gasteiger partial charge in [-0.1, -0.05) is 121 Å². The summed E-state index contributed by atoms with van der Waals surface area (Å²) >= 11 is 0. The molecule has 0 spiro atoms. The number of rotatable bonds is 4. The fourth-order valence-corrected chi connectivity index (χ4v) is 9.34. The first-order valence-corrected chi connectivity index (χ1v) is 19.0. The van der Waals surface area contributed by atoms with Crippen LogP contribution in [0.2, 0.25) is 0 Å². The van der Waals surface area contributed by atoms with Gasteiger partial charge in [-0.05, 0) is 60.2 Å². The molecule has 2 aromatic heterocycles. The van der Waals surface area contributed by atoms with Crippen LogP contribution in [0.5, 0.6) is 0 Å². The van der Waals surface area contributed by atoms with E-state index in [0.29, 0.717) is 0 Å². The molecule has 3 atom stereocenters. The van der Waals surface area contributed by atoms with Gasteiger partial charge in [0.25, 0.3) is 0 Å². The summed E-state index contributed by atoms with van der Waals surface area (Å²) in [5.74, 6) is 0.224. The smallest absolute Gasteiger partial charge is 0.146 e. The molecule has 2 aliphatic heterocycles. The second-order valence-electron chi connectivity index (χ2n) is 14.7. The number of hydrogen-bond donors (Lipinski definition) is 1. The van der Waals surface area contributed by atoms with Crippen molar-refractivity contribution in [2.24, 2.45) is 4.99 Å². The van der Waals surface area contributed by atoms with E-state index < -0.39 is 0 Å². The molecular formula is C50H34N4O. The molecular weight excluding hydrogens is 673 g/mol. The fourth-order valence-electron chi connectivity index (χ4n) is 9.34. The zero-order chi connectivity index (χ0) is 36.0. The second-order valence-corrected chi connectivity index (χ2v) is 14.7. The van der Waals surface area contributed by atoms with Gasteiger partial charge in [-0.2, -0.15) is 0 Å². The maximum absolute atomic E-state index is 6.73. The molecule has 3 unspecified atom stereocenters. The second kappa shape index (κ2) is 11.7. The Bertz CT molecular complexity index is 3100. The Balaban J connectivity index is 1.01. The Morgan fingerprint density at radius 3 is 2.27 bits per heavy atom. The minimum Gasteiger partial charge on any atom is -0.456 e. The Kier molecular flexibility index (Phi) is 6.46. The number of hydrogen-bond acceptors (Lipinski definition) is 4. The number of aromatic nitrogens is 1. The third-order valence-corrected chi connectivity index (χ3v) is 11.7. The quantitative estimate of drug-likeness (QED) is 0.198. The van der Waals surface area contributed by atoms with Crippen LogP contribution in [-0.2, 0) is 0 Å². The number of fused-ring (bicyclic) bond motifs is 10. The summed E-state index contributed by atoms with van der Waals surface area (Å²) in [6.07, 6.45) is 8.80. The first-order chi connectivity index (χ1) is 27.3. The Morgan fingerprint density at radius 2 is 1.36 bits per heavy atom. The number of para-hydroxylation sites is 3. The predicted molar refractivity (Wildman–Crippen MR) is 226 cm³/mol. The predicted octanol–water partition coefficient (Wildman–Crippen LogP) is 12.4. The summed E-state index contributed by atoms with van der Waals surface area (Å²) < 4.78 is 9.14. The standard InChI is InChI=1S/C50H34N4O/c1-3-14-31(15-4-1)49-36-20-7-10-22-41(36)51-50(52-49)38-21-13-25-46-48(38)37-27-26-33(28-47(37)55-46)54-43-24-12-9-19-35(43)40-29-44-39(30-45(40)54)34-18-8-11-23-42(34)53(44)32-16-5-2-6-17-32/h1-30,35,43,50-51H. The van der Waals surface area contributed by atoms with E-state index in [1.807, 2.05) is 6.07 Å². The average Bonchev–Trinajstić information content (AvgIpc) is 3.90. The number of allylic oxidation sites excluding steroid dienone is 2. The van der Waals surface area contributed by atoms with Crippen molar-refractivity contribution in [1.82, 2.24) is 4.57 Å². The topological polar surface area (TPSA) is 45.7 Å². The molecule has 12 rings (SSSR count). The molecule has 0 amide bonds. The summed E-state index contributed by atoms with van der Waals surface area (Å²) in [6, 6.07) is 56.5. The molecule has 0 bridgehead atoms. The van der Waals surface area contributed by atoms with Gasteiger partial charge in [-0.3, -0.25) is 4.99 Å². The number of furan rings is 1. The van der Waals surface area contributed by atoms with E-state index in [9.17, 15) is 0 Å². The van der Waals surface area contributed by atoms with Crippen LogP contribution in [0.15, 0.2) is 191 Å². The van der Waals surface area contributed by atoms with Gasteiger partial charge in [0.2, 0.25) is 0 Å². The van der Waals surface area contributed by atoms with Gasteiger partial charge in [0.05, 0.1) is 22.8 Å². The van der Waals surface area contributed by atoms with Crippen molar-refractivity contribution in [1.29, 1.82) is 0 Å². The van der Waals surface area contributed by atoms with Gasteiger partial charge >= 0.3 is 0 Å². The van der Waals surface area contributed by atoms with Crippen molar-refractivity contribution < 1.29 is 4.42 Å². The van der Waals surface area contributed by atoms with Gasteiger partial charge < -0.3 is 19.2 Å². The highest BCUT2D eigenvalue weighted by molar-refractivity contribution is 6.17. The number of benzene rings is 7. The van der Waals surface area contributed by atoms with Gasteiger partial charge in [0.15, 0.2) is 0 Å². The Morgan fingerprint density at radius 1 is 0.564 bits per heavy atom. The highest BCUT2D eigenvalue weighted by atomic mass is 16.3. The van der Waals surface area contributed by atoms with Crippen molar-refractivity contribution in [2.45, 2.75) is 18.1 Å². The summed E-state index contributed by atoms with van der Waals surface area (Å²) in [7, 11) is 0. The zero-order valence-corrected chi connectivity index (χ0v) is 29.8. The first kappa shape index (κ1) is 30.4. The Hall–Kier alpha value is -7.11. The maximum Gasteiger partial charge on any atom is 0.146 e. The monoisotopic (exact) mass is 706 g/mol. The van der Waals surface area contributed by atoms with Gasteiger partial charge in [0, 0.05) is 73.0 Å². The van der Waals surface area contributed by atoms with E-state index in [1.165, 1.54) is 38.7 Å². The van der Waals surface area contributed by atoms with Crippen molar-refractivity contribution >= 4 is 66.5 Å². The largest absolute Gasteiger partial charge is 0.456 e. The lowest BCUT2D eigenvalue weighted by Crippen LogP contribution is -2.28. The van der Waals surface area contributed by atoms with Crippen LogP contribution < -0.4 is 10.2 Å². The lowest BCUT2D eigenvalue weighted by Gasteiger charge is -2.28. The molecule has 1 N–H and O–H groups in total. The minimum absolute atomic E-state index is 0.151. The minimum atomic E-state index is -0.278. The van der Waals surface area contributed by atoms with E-state index in [-0.39, 0.29) is 18.1 Å². The van der Waals surface area contributed by atoms with Gasteiger partial charge in [-0.15, -0.1) is 0 Å². The van der Waals surface area contributed by atoms with Crippen LogP contribution in [-0.4, -0.2) is 16.3 Å². The molecule has 9 aromatic rings. The normalized spacial score (nSPS) is 18.4. The number of aliphatic imine (C=N–C) groups is 1. The van der Waals surface area contributed by atoms with Crippen LogP contribution in [0.1, 0.15) is 34.3 Å². The molecule has 4 heterocycles. The van der Waals surface area contributed by atoms with E-state index in [4.69, 9.17) is 9.41 Å². The molecule has 0 saturated heterocycles. The molecule has 7 aromatic carbocycles. The summed E-state index contributed by atoms with van der Waals surface area (Å²) in [5.41, 5.74) is 14.4. The number of anilines is 3. The lowest BCUT2D eigenvalue weighted by molar-refractivity contribution is 0.667. The van der Waals surface area contributed by atoms with E-state index in [0.717, 1.165) is 55.7 Å². The maximum atomic E-state index is 6.73. The molecule has 3 aliphatic rings. The SMILES string of the molecule is C1=CC2c3cc4c(cc3N(c3ccc5c(c3)oc3cccc(C6N=C(c7ccccc7)c7ccccc7N6)c35)C2C=C1)c1ccccc1n4-c1ccccc1.